The van der Waals surface area contributed by atoms with Gasteiger partial charge < -0.3 is 4.74 Å². The Kier molecular flexibility index (Phi) is 3.86. The van der Waals surface area contributed by atoms with Gasteiger partial charge in [0, 0.05) is 5.41 Å². The average molecular weight is 155 g/mol. The van der Waals surface area contributed by atoms with Crippen LogP contribution in [0.2, 0.25) is 0 Å². The Labute approximate surface area is 69.0 Å². The molecule has 0 spiro atoms. The Balaban J connectivity index is 4.34. The first-order valence-electron chi connectivity index (χ1n) is 3.81. The molecule has 0 aliphatic carbocycles. The molecule has 2 heteroatoms. The molecule has 0 aliphatic rings. The second-order valence-corrected chi connectivity index (χ2v) is 3.36. The molecule has 0 rings (SSSR count). The Bertz CT molecular complexity index is 153. The van der Waals surface area contributed by atoms with Crippen molar-refractivity contribution in [2.75, 3.05) is 6.61 Å². The lowest BCUT2D eigenvalue weighted by Crippen LogP contribution is -2.12. The van der Waals surface area contributed by atoms with Crippen molar-refractivity contribution < 1.29 is 4.74 Å². The van der Waals surface area contributed by atoms with Gasteiger partial charge in [0.05, 0.1) is 12.8 Å². The van der Waals surface area contributed by atoms with E-state index in [4.69, 9.17) is 4.74 Å². The number of nitrogens with zero attached hydrogens (tertiary/aromatic N) is 1. The fourth-order valence-corrected chi connectivity index (χ4v) is 0.686. The molecule has 2 nitrogen and oxygen atoms in total. The van der Waals surface area contributed by atoms with Gasteiger partial charge in [0.15, 0.2) is 0 Å². The van der Waals surface area contributed by atoms with E-state index >= 15 is 0 Å². The Morgan fingerprint density at radius 2 is 2.09 bits per heavy atom. The maximum Gasteiger partial charge on any atom is 0.119 e. The van der Waals surface area contributed by atoms with Crippen LogP contribution in [0.3, 0.4) is 0 Å². The molecule has 0 saturated heterocycles. The van der Waals surface area contributed by atoms with Crippen molar-refractivity contribution in [3.8, 4) is 0 Å². The third-order valence-corrected chi connectivity index (χ3v) is 1.25. The second-order valence-electron chi connectivity index (χ2n) is 3.36. The molecule has 0 unspecified atom stereocenters. The number of ether oxygens (including phenoxy) is 1. The molecule has 0 N–H and O–H groups in total. The van der Waals surface area contributed by atoms with Gasteiger partial charge in [-0.15, -0.1) is 0 Å². The summed E-state index contributed by atoms with van der Waals surface area (Å²) in [6.45, 7) is 12.3. The summed E-state index contributed by atoms with van der Waals surface area (Å²) in [6.07, 6.45) is 1.67. The largest absolute Gasteiger partial charge is 0.496 e. The quantitative estimate of drug-likeness (QED) is 0.453. The molecule has 0 atom stereocenters. The first kappa shape index (κ1) is 10.2. The van der Waals surface area contributed by atoms with Crippen LogP contribution in [0.5, 0.6) is 0 Å². The zero-order chi connectivity index (χ0) is 8.91. The van der Waals surface area contributed by atoms with Gasteiger partial charge in [-0.2, -0.15) is 0 Å². The summed E-state index contributed by atoms with van der Waals surface area (Å²) in [7, 11) is 0. The van der Waals surface area contributed by atoms with Gasteiger partial charge in [-0.05, 0) is 13.6 Å². The highest BCUT2D eigenvalue weighted by Crippen LogP contribution is 2.25. The minimum Gasteiger partial charge on any atom is -0.496 e. The molecule has 64 valence electrons. The predicted molar refractivity (Wildman–Crippen MR) is 48.7 cm³/mol. The van der Waals surface area contributed by atoms with Gasteiger partial charge in [-0.25, -0.2) is 0 Å². The highest BCUT2D eigenvalue weighted by Gasteiger charge is 2.17. The smallest absolute Gasteiger partial charge is 0.119 e. The van der Waals surface area contributed by atoms with Crippen molar-refractivity contribution in [3.63, 3.8) is 0 Å². The highest BCUT2D eigenvalue weighted by atomic mass is 16.5. The minimum absolute atomic E-state index is 0.0250. The van der Waals surface area contributed by atoms with Crippen LogP contribution in [-0.2, 0) is 4.74 Å². The van der Waals surface area contributed by atoms with Crippen LogP contribution >= 0.6 is 0 Å². The van der Waals surface area contributed by atoms with Crippen LogP contribution in [0.15, 0.2) is 17.0 Å². The summed E-state index contributed by atoms with van der Waals surface area (Å²) in [5, 5.41) is 0. The van der Waals surface area contributed by atoms with Crippen molar-refractivity contribution in [2.45, 2.75) is 27.7 Å². The molecule has 0 aliphatic heterocycles. The second kappa shape index (κ2) is 4.16. The number of hydrogen-bond donors (Lipinski definition) is 0. The fourth-order valence-electron chi connectivity index (χ4n) is 0.686. The number of rotatable bonds is 3. The van der Waals surface area contributed by atoms with E-state index in [9.17, 15) is 0 Å². The van der Waals surface area contributed by atoms with E-state index in [0.717, 1.165) is 5.76 Å². The predicted octanol–water partition coefficient (Wildman–Crippen LogP) is 2.61. The average Bonchev–Trinajstić information content (AvgIpc) is 1.85. The lowest BCUT2D eigenvalue weighted by Gasteiger charge is -2.21. The maximum absolute atomic E-state index is 5.37. The van der Waals surface area contributed by atoms with E-state index in [1.165, 1.54) is 0 Å². The lowest BCUT2D eigenvalue weighted by atomic mass is 9.94. The van der Waals surface area contributed by atoms with Crippen LogP contribution in [-0.4, -0.2) is 13.3 Å². The summed E-state index contributed by atoms with van der Waals surface area (Å²) in [5.41, 5.74) is 0.0250. The Morgan fingerprint density at radius 3 is 2.36 bits per heavy atom. The molecule has 0 aromatic heterocycles. The highest BCUT2D eigenvalue weighted by molar-refractivity contribution is 5.26. The molecule has 0 aromatic carbocycles. The number of aliphatic imine (C=N–C) groups is 1. The number of hydrogen-bond acceptors (Lipinski definition) is 2. The van der Waals surface area contributed by atoms with E-state index in [2.05, 4.69) is 32.5 Å². The van der Waals surface area contributed by atoms with E-state index in [1.807, 2.05) is 6.92 Å². The van der Waals surface area contributed by atoms with Gasteiger partial charge >= 0.3 is 0 Å². The van der Waals surface area contributed by atoms with Gasteiger partial charge in [0.25, 0.3) is 0 Å². The van der Waals surface area contributed by atoms with Crippen LogP contribution in [0, 0.1) is 5.41 Å². The van der Waals surface area contributed by atoms with Crippen molar-refractivity contribution in [3.05, 3.63) is 12.0 Å². The molecule has 0 bridgehead atoms. The summed E-state index contributed by atoms with van der Waals surface area (Å²) >= 11 is 0. The normalized spacial score (nSPS) is 12.9. The molecule has 0 radical (unpaired) electrons. The first-order valence-corrected chi connectivity index (χ1v) is 3.81. The van der Waals surface area contributed by atoms with Crippen LogP contribution in [0.4, 0.5) is 0 Å². The van der Waals surface area contributed by atoms with E-state index < -0.39 is 0 Å². The zero-order valence-corrected chi connectivity index (χ0v) is 7.85. The van der Waals surface area contributed by atoms with Crippen LogP contribution in [0.1, 0.15) is 27.7 Å². The van der Waals surface area contributed by atoms with Crippen LogP contribution in [0.25, 0.3) is 0 Å². The molecule has 0 saturated carbocycles. The van der Waals surface area contributed by atoms with E-state index in [-0.39, 0.29) is 5.41 Å². The van der Waals surface area contributed by atoms with Gasteiger partial charge in [-0.3, -0.25) is 4.99 Å². The van der Waals surface area contributed by atoms with Crippen molar-refractivity contribution in [2.24, 2.45) is 10.4 Å². The van der Waals surface area contributed by atoms with Gasteiger partial charge in [0.2, 0.25) is 0 Å². The molecule has 11 heavy (non-hydrogen) atoms. The standard InChI is InChI=1S/C9H17NO/c1-6-11-8(7-10-5)9(2,3)4/h7H,5-6H2,1-4H3/b8-7-. The van der Waals surface area contributed by atoms with Crippen molar-refractivity contribution in [1.29, 1.82) is 0 Å². The monoisotopic (exact) mass is 155 g/mol. The van der Waals surface area contributed by atoms with E-state index in [1.54, 1.807) is 6.20 Å². The zero-order valence-electron chi connectivity index (χ0n) is 7.85. The van der Waals surface area contributed by atoms with Gasteiger partial charge in [0.1, 0.15) is 5.76 Å². The first-order chi connectivity index (χ1) is 5.02. The molecule has 0 aromatic rings. The molecule has 0 heterocycles. The third kappa shape index (κ3) is 3.81. The number of allylic oxidation sites excluding steroid dienone is 1. The van der Waals surface area contributed by atoms with E-state index in [0.29, 0.717) is 6.61 Å². The Hall–Kier alpha value is -0.790. The fraction of sp³-hybridized carbons (Fsp3) is 0.667. The van der Waals surface area contributed by atoms with Crippen LogP contribution < -0.4 is 0 Å². The summed E-state index contributed by atoms with van der Waals surface area (Å²) < 4.78 is 5.37. The van der Waals surface area contributed by atoms with Crippen molar-refractivity contribution >= 4 is 6.72 Å². The maximum atomic E-state index is 5.37. The lowest BCUT2D eigenvalue weighted by molar-refractivity contribution is 0.162. The van der Waals surface area contributed by atoms with Crippen molar-refractivity contribution in [1.82, 2.24) is 0 Å². The SMILES string of the molecule is C=N/C=C(\OCC)C(C)(C)C. The summed E-state index contributed by atoms with van der Waals surface area (Å²) in [6, 6.07) is 0. The molecular formula is C9H17NO. The summed E-state index contributed by atoms with van der Waals surface area (Å²) in [5.74, 6) is 0.884. The topological polar surface area (TPSA) is 21.6 Å². The minimum atomic E-state index is 0.0250. The summed E-state index contributed by atoms with van der Waals surface area (Å²) in [4.78, 5) is 3.68. The molecule has 0 amide bonds. The molecular weight excluding hydrogens is 138 g/mol. The van der Waals surface area contributed by atoms with Gasteiger partial charge in [-0.1, -0.05) is 20.8 Å². The molecule has 0 fully saturated rings. The Morgan fingerprint density at radius 1 is 1.55 bits per heavy atom. The third-order valence-electron chi connectivity index (χ3n) is 1.25.